The fraction of sp³-hybridized carbons (Fsp3) is 0.0714. The van der Waals surface area contributed by atoms with E-state index in [2.05, 4.69) is 48.8 Å². The number of aryl methyl sites for hydroxylation is 1. The van der Waals surface area contributed by atoms with Gasteiger partial charge in [-0.3, -0.25) is 0 Å². The summed E-state index contributed by atoms with van der Waals surface area (Å²) in [6, 6.07) is 14.7. The van der Waals surface area contributed by atoms with Crippen molar-refractivity contribution in [1.29, 1.82) is 0 Å². The Kier molecular flexibility index (Phi) is 2.00. The topological polar surface area (TPSA) is 8.81 Å². The van der Waals surface area contributed by atoms with Gasteiger partial charge < -0.3 is 9.13 Å². The number of fused-ring (bicyclic) bond motifs is 1. The lowest BCUT2D eigenvalue weighted by Gasteiger charge is -2.07. The van der Waals surface area contributed by atoms with Crippen molar-refractivity contribution in [3.8, 4) is 5.69 Å². The van der Waals surface area contributed by atoms with Gasteiger partial charge in [0.1, 0.15) is 0 Å². The van der Waals surface area contributed by atoms with Gasteiger partial charge in [0.25, 0.3) is 0 Å². The van der Waals surface area contributed by atoms with Crippen molar-refractivity contribution in [2.24, 2.45) is 7.05 Å². The molecule has 1 aromatic heterocycles. The molecule has 0 radical (unpaired) electrons. The number of benzene rings is 2. The van der Waals surface area contributed by atoms with E-state index in [9.17, 15) is 0 Å². The summed E-state index contributed by atoms with van der Waals surface area (Å²) < 4.78 is 3.93. The van der Waals surface area contributed by atoms with Crippen molar-refractivity contribution in [3.05, 3.63) is 61.2 Å². The zero-order valence-electron chi connectivity index (χ0n) is 9.09. The first-order chi connectivity index (χ1) is 7.84. The zero-order valence-corrected chi connectivity index (χ0v) is 9.09. The molecule has 1 heterocycles. The lowest BCUT2D eigenvalue weighted by Crippen LogP contribution is -2.24. The smallest absolute Gasteiger partial charge is 0.243 e. The number of aromatic nitrogens is 2. The summed E-state index contributed by atoms with van der Waals surface area (Å²) in [6.07, 6.45) is 7.22. The second kappa shape index (κ2) is 3.49. The summed E-state index contributed by atoms with van der Waals surface area (Å²) in [5, 5.41) is 2.50. The molecule has 0 aliphatic rings. The lowest BCUT2D eigenvalue weighted by molar-refractivity contribution is -0.674. The van der Waals surface area contributed by atoms with Crippen LogP contribution in [0.2, 0.25) is 0 Å². The quantitative estimate of drug-likeness (QED) is 0.428. The molecule has 0 N–H and O–H groups in total. The van der Waals surface area contributed by atoms with Crippen LogP contribution in [-0.4, -0.2) is 4.57 Å². The third-order valence-corrected chi connectivity index (χ3v) is 2.73. The fourth-order valence-electron chi connectivity index (χ4n) is 1.96. The molecule has 0 atom stereocenters. The largest absolute Gasteiger partial charge is 0.326 e. The van der Waals surface area contributed by atoms with E-state index in [1.165, 1.54) is 16.5 Å². The lowest BCUT2D eigenvalue weighted by atomic mass is 10.1. The molecule has 0 aliphatic heterocycles. The molecular formula is C14H12N2. The second-order valence-electron chi connectivity index (χ2n) is 3.88. The maximum atomic E-state index is 3.22. The summed E-state index contributed by atoms with van der Waals surface area (Å²) in [6.45, 7) is 0. The van der Waals surface area contributed by atoms with E-state index in [0.717, 1.165) is 0 Å². The Morgan fingerprint density at radius 1 is 1.06 bits per heavy atom. The first kappa shape index (κ1) is 9.16. The second-order valence-corrected chi connectivity index (χ2v) is 3.88. The monoisotopic (exact) mass is 208 g/mol. The van der Waals surface area contributed by atoms with Gasteiger partial charge in [0.05, 0.1) is 12.7 Å². The highest BCUT2D eigenvalue weighted by atomic mass is 15.1. The van der Waals surface area contributed by atoms with Crippen LogP contribution in [0.25, 0.3) is 16.5 Å². The van der Waals surface area contributed by atoms with Crippen molar-refractivity contribution in [3.63, 3.8) is 0 Å². The van der Waals surface area contributed by atoms with Crippen molar-refractivity contribution in [1.82, 2.24) is 4.57 Å². The highest BCUT2D eigenvalue weighted by Crippen LogP contribution is 2.21. The first-order valence-corrected chi connectivity index (χ1v) is 5.29. The van der Waals surface area contributed by atoms with Crippen LogP contribution in [0.15, 0.2) is 54.9 Å². The van der Waals surface area contributed by atoms with Crippen LogP contribution in [0.4, 0.5) is 0 Å². The molecule has 16 heavy (non-hydrogen) atoms. The molecule has 0 bridgehead atoms. The Hall–Kier alpha value is -2.09. The van der Waals surface area contributed by atoms with Gasteiger partial charge in [0.2, 0.25) is 6.33 Å². The van der Waals surface area contributed by atoms with Gasteiger partial charge in [-0.1, -0.05) is 42.5 Å². The predicted octanol–water partition coefficient (Wildman–Crippen LogP) is 2.26. The van der Waals surface area contributed by atoms with Crippen LogP contribution in [0, 0.1) is 6.33 Å². The molecule has 78 valence electrons. The van der Waals surface area contributed by atoms with Crippen LogP contribution in [0.5, 0.6) is 0 Å². The SMILES string of the molecule is C[n+]1[c-]n(-c2cccc3ccccc23)cc1. The third-order valence-electron chi connectivity index (χ3n) is 2.73. The summed E-state index contributed by atoms with van der Waals surface area (Å²) >= 11 is 0. The summed E-state index contributed by atoms with van der Waals surface area (Å²) in [5.41, 5.74) is 1.17. The highest BCUT2D eigenvalue weighted by molar-refractivity contribution is 5.90. The van der Waals surface area contributed by atoms with Crippen LogP contribution in [0.1, 0.15) is 0 Å². The molecule has 0 saturated heterocycles. The maximum Gasteiger partial charge on any atom is 0.243 e. The standard InChI is InChI=1S/C14H12N2/c1-15-9-10-16(11-15)14-8-4-6-12-5-2-3-7-13(12)14/h2-10H,1H3. The molecule has 0 amide bonds. The molecule has 2 heteroatoms. The molecule has 0 unspecified atom stereocenters. The van der Waals surface area contributed by atoms with E-state index >= 15 is 0 Å². The van der Waals surface area contributed by atoms with E-state index in [-0.39, 0.29) is 0 Å². The molecule has 3 rings (SSSR count). The van der Waals surface area contributed by atoms with Crippen molar-refractivity contribution >= 4 is 10.8 Å². The summed E-state index contributed by atoms with van der Waals surface area (Å²) in [7, 11) is 1.97. The first-order valence-electron chi connectivity index (χ1n) is 5.29. The van der Waals surface area contributed by atoms with E-state index in [1.54, 1.807) is 0 Å². The Labute approximate surface area is 94.4 Å². The minimum Gasteiger partial charge on any atom is -0.326 e. The van der Waals surface area contributed by atoms with Crippen LogP contribution in [0.3, 0.4) is 0 Å². The van der Waals surface area contributed by atoms with Gasteiger partial charge in [0.15, 0.2) is 0 Å². The molecule has 0 fully saturated rings. The van der Waals surface area contributed by atoms with Gasteiger partial charge in [-0.25, -0.2) is 0 Å². The average molecular weight is 208 g/mol. The average Bonchev–Trinajstić information content (AvgIpc) is 2.75. The Balaban J connectivity index is 2.31. The van der Waals surface area contributed by atoms with Crippen molar-refractivity contribution in [2.45, 2.75) is 0 Å². The van der Waals surface area contributed by atoms with Gasteiger partial charge in [-0.2, -0.15) is 0 Å². The van der Waals surface area contributed by atoms with Crippen LogP contribution in [-0.2, 0) is 7.05 Å². The van der Waals surface area contributed by atoms with Crippen LogP contribution < -0.4 is 4.57 Å². The van der Waals surface area contributed by atoms with Crippen LogP contribution >= 0.6 is 0 Å². The zero-order chi connectivity index (χ0) is 11.0. The van der Waals surface area contributed by atoms with Gasteiger partial charge >= 0.3 is 0 Å². The number of hydrogen-bond acceptors (Lipinski definition) is 0. The fourth-order valence-corrected chi connectivity index (χ4v) is 1.96. The number of nitrogens with zero attached hydrogens (tertiary/aromatic N) is 2. The molecule has 0 aliphatic carbocycles. The molecular weight excluding hydrogens is 196 g/mol. The normalized spacial score (nSPS) is 10.8. The number of hydrogen-bond donors (Lipinski definition) is 0. The summed E-state index contributed by atoms with van der Waals surface area (Å²) in [4.78, 5) is 0. The Morgan fingerprint density at radius 3 is 2.69 bits per heavy atom. The number of imidazole rings is 1. The number of rotatable bonds is 1. The van der Waals surface area contributed by atoms with E-state index in [1.807, 2.05) is 28.6 Å². The van der Waals surface area contributed by atoms with E-state index < -0.39 is 0 Å². The Morgan fingerprint density at radius 2 is 1.88 bits per heavy atom. The maximum absolute atomic E-state index is 3.22. The van der Waals surface area contributed by atoms with E-state index in [0.29, 0.717) is 0 Å². The minimum atomic E-state index is 1.17. The van der Waals surface area contributed by atoms with Crippen molar-refractivity contribution in [2.75, 3.05) is 0 Å². The third kappa shape index (κ3) is 1.39. The van der Waals surface area contributed by atoms with Gasteiger partial charge in [-0.15, -0.1) is 0 Å². The minimum absolute atomic E-state index is 1.17. The molecule has 0 saturated carbocycles. The van der Waals surface area contributed by atoms with Crippen molar-refractivity contribution < 1.29 is 4.57 Å². The molecule has 2 aromatic carbocycles. The molecule has 0 spiro atoms. The van der Waals surface area contributed by atoms with Gasteiger partial charge in [-0.05, 0) is 10.8 Å². The molecule has 3 aromatic rings. The Bertz CT molecular complexity index is 633. The van der Waals surface area contributed by atoms with E-state index in [4.69, 9.17) is 0 Å². The predicted molar refractivity (Wildman–Crippen MR) is 63.3 cm³/mol. The van der Waals surface area contributed by atoms with Gasteiger partial charge in [0, 0.05) is 12.4 Å². The molecule has 2 nitrogen and oxygen atoms in total. The highest BCUT2D eigenvalue weighted by Gasteiger charge is 2.01. The summed E-state index contributed by atoms with van der Waals surface area (Å²) in [5.74, 6) is 0.